The normalized spacial score (nSPS) is 12.9. The molecule has 0 aromatic carbocycles. The Labute approximate surface area is 102 Å². The molecule has 1 rings (SSSR count). The first-order valence-electron chi connectivity index (χ1n) is 5.41. The summed E-state index contributed by atoms with van der Waals surface area (Å²) in [7, 11) is -3.43. The highest BCUT2D eigenvalue weighted by Gasteiger charge is 2.18. The largest absolute Gasteiger partial charge is 0.277 e. The van der Waals surface area contributed by atoms with Crippen molar-refractivity contribution in [2.75, 3.05) is 6.54 Å². The Hall–Kier alpha value is -0.990. The number of hydrogen-bond acceptors (Lipinski definition) is 4. The molecule has 0 aliphatic carbocycles. The predicted molar refractivity (Wildman–Crippen MR) is 64.5 cm³/mol. The van der Waals surface area contributed by atoms with Crippen LogP contribution in [0.3, 0.4) is 0 Å². The second-order valence-electron chi connectivity index (χ2n) is 4.79. The number of nitrogens with one attached hydrogen (secondary N) is 3. The van der Waals surface area contributed by atoms with Gasteiger partial charge in [-0.2, -0.15) is 18.2 Å². The molecule has 1 aromatic rings. The van der Waals surface area contributed by atoms with Crippen LogP contribution in [-0.2, 0) is 16.6 Å². The first-order valence-corrected chi connectivity index (χ1v) is 6.90. The molecule has 1 heterocycles. The molecule has 0 atom stereocenters. The fourth-order valence-corrected chi connectivity index (χ4v) is 2.54. The van der Waals surface area contributed by atoms with Gasteiger partial charge in [-0.05, 0) is 27.2 Å². The number of hydrogen-bond donors (Lipinski definition) is 3. The monoisotopic (exact) mass is 261 g/mol. The summed E-state index contributed by atoms with van der Waals surface area (Å²) in [6, 6.07) is 0. The third-order valence-electron chi connectivity index (χ3n) is 1.79. The second kappa shape index (κ2) is 5.56. The summed E-state index contributed by atoms with van der Waals surface area (Å²) >= 11 is 0. The van der Waals surface area contributed by atoms with E-state index in [-0.39, 0.29) is 0 Å². The molecule has 17 heavy (non-hydrogen) atoms. The molecule has 0 unspecified atom stereocenters. The van der Waals surface area contributed by atoms with E-state index in [9.17, 15) is 8.42 Å². The van der Waals surface area contributed by atoms with Gasteiger partial charge in [0.15, 0.2) is 0 Å². The number of aromatic nitrogens is 3. The number of H-pyrrole nitrogens is 1. The van der Waals surface area contributed by atoms with E-state index in [2.05, 4.69) is 24.6 Å². The van der Waals surface area contributed by atoms with Crippen LogP contribution < -0.4 is 9.44 Å². The quantitative estimate of drug-likeness (QED) is 0.626. The Morgan fingerprint density at radius 1 is 1.41 bits per heavy atom. The van der Waals surface area contributed by atoms with Gasteiger partial charge in [0.05, 0.1) is 0 Å². The molecular formula is C9H19N5O2S. The maximum atomic E-state index is 11.5. The maximum Gasteiger partial charge on any atom is 0.277 e. The van der Waals surface area contributed by atoms with Gasteiger partial charge in [-0.3, -0.25) is 5.10 Å². The van der Waals surface area contributed by atoms with Crippen LogP contribution in [0.5, 0.6) is 0 Å². The zero-order valence-corrected chi connectivity index (χ0v) is 11.1. The lowest BCUT2D eigenvalue weighted by Gasteiger charge is -2.20. The lowest BCUT2D eigenvalue weighted by atomic mass is 10.1. The molecule has 0 fully saturated rings. The lowest BCUT2D eigenvalue weighted by Crippen LogP contribution is -2.47. The number of rotatable bonds is 6. The zero-order valence-electron chi connectivity index (χ0n) is 10.3. The van der Waals surface area contributed by atoms with Crippen molar-refractivity contribution < 1.29 is 8.42 Å². The van der Waals surface area contributed by atoms with Crippen molar-refractivity contribution in [1.82, 2.24) is 24.6 Å². The van der Waals surface area contributed by atoms with Crippen molar-refractivity contribution in [1.29, 1.82) is 0 Å². The summed E-state index contributed by atoms with van der Waals surface area (Å²) in [6.07, 6.45) is 2.76. The van der Waals surface area contributed by atoms with Crippen LogP contribution in [0, 0.1) is 0 Å². The fraction of sp³-hybridized carbons (Fsp3) is 0.778. The average Bonchev–Trinajstić information content (AvgIpc) is 2.60. The highest BCUT2D eigenvalue weighted by Crippen LogP contribution is 2.00. The highest BCUT2D eigenvalue weighted by molar-refractivity contribution is 7.87. The van der Waals surface area contributed by atoms with Crippen LogP contribution in [0.4, 0.5) is 0 Å². The summed E-state index contributed by atoms with van der Waals surface area (Å²) in [5.74, 6) is 0.757. The molecule has 0 spiro atoms. The van der Waals surface area contributed by atoms with Crippen molar-refractivity contribution in [2.24, 2.45) is 0 Å². The van der Waals surface area contributed by atoms with E-state index in [1.54, 1.807) is 20.8 Å². The van der Waals surface area contributed by atoms with Crippen LogP contribution >= 0.6 is 0 Å². The van der Waals surface area contributed by atoms with Gasteiger partial charge in [0.2, 0.25) is 0 Å². The van der Waals surface area contributed by atoms with Gasteiger partial charge in [0, 0.05) is 18.5 Å². The van der Waals surface area contributed by atoms with E-state index in [0.29, 0.717) is 19.4 Å². The third-order valence-corrected chi connectivity index (χ3v) is 3.25. The van der Waals surface area contributed by atoms with Crippen LogP contribution in [0.25, 0.3) is 0 Å². The Kier molecular flexibility index (Phi) is 4.61. The van der Waals surface area contributed by atoms with Crippen LogP contribution in [0.2, 0.25) is 0 Å². The molecule has 3 N–H and O–H groups in total. The van der Waals surface area contributed by atoms with Gasteiger partial charge in [-0.25, -0.2) is 9.71 Å². The van der Waals surface area contributed by atoms with Gasteiger partial charge in [-0.15, -0.1) is 0 Å². The van der Waals surface area contributed by atoms with Crippen molar-refractivity contribution in [3.8, 4) is 0 Å². The van der Waals surface area contributed by atoms with E-state index >= 15 is 0 Å². The Morgan fingerprint density at radius 2 is 2.12 bits per heavy atom. The minimum absolute atomic E-state index is 0.367. The molecule has 0 bridgehead atoms. The minimum atomic E-state index is -3.43. The second-order valence-corrected chi connectivity index (χ2v) is 6.29. The van der Waals surface area contributed by atoms with E-state index in [1.165, 1.54) is 6.33 Å². The molecule has 0 radical (unpaired) electrons. The average molecular weight is 261 g/mol. The molecule has 0 saturated heterocycles. The molecule has 98 valence electrons. The molecule has 0 amide bonds. The third kappa shape index (κ3) is 6.35. The molecule has 7 nitrogen and oxygen atoms in total. The maximum absolute atomic E-state index is 11.5. The molecule has 8 heteroatoms. The molecule has 1 aromatic heterocycles. The number of nitrogens with zero attached hydrogens (tertiary/aromatic N) is 2. The predicted octanol–water partition coefficient (Wildman–Crippen LogP) is -0.0402. The summed E-state index contributed by atoms with van der Waals surface area (Å²) in [5.41, 5.74) is -0.475. The summed E-state index contributed by atoms with van der Waals surface area (Å²) in [4.78, 5) is 3.95. The SMILES string of the molecule is CC(C)(C)NS(=O)(=O)NCCCc1ncn[nH]1. The van der Waals surface area contributed by atoms with Crippen LogP contribution in [-0.4, -0.2) is 35.7 Å². The summed E-state index contributed by atoms with van der Waals surface area (Å²) in [6.45, 7) is 5.74. The number of aryl methyl sites for hydroxylation is 1. The Bertz CT molecular complexity index is 421. The summed E-state index contributed by atoms with van der Waals surface area (Å²) in [5, 5.41) is 6.43. The van der Waals surface area contributed by atoms with Gasteiger partial charge < -0.3 is 0 Å². The van der Waals surface area contributed by atoms with E-state index < -0.39 is 15.7 Å². The van der Waals surface area contributed by atoms with Crippen molar-refractivity contribution >= 4 is 10.2 Å². The molecule has 0 aliphatic rings. The van der Waals surface area contributed by atoms with Crippen molar-refractivity contribution in [3.63, 3.8) is 0 Å². The molecule has 0 aliphatic heterocycles. The Balaban J connectivity index is 2.26. The van der Waals surface area contributed by atoms with Crippen LogP contribution in [0.15, 0.2) is 6.33 Å². The molecule has 0 saturated carbocycles. The van der Waals surface area contributed by atoms with E-state index in [4.69, 9.17) is 0 Å². The zero-order chi connectivity index (χ0) is 12.9. The smallest absolute Gasteiger partial charge is 0.263 e. The first-order chi connectivity index (χ1) is 7.79. The van der Waals surface area contributed by atoms with Crippen molar-refractivity contribution in [2.45, 2.75) is 39.2 Å². The lowest BCUT2D eigenvalue weighted by molar-refractivity contribution is 0.483. The van der Waals surface area contributed by atoms with E-state index in [1.807, 2.05) is 0 Å². The summed E-state index contributed by atoms with van der Waals surface area (Å²) < 4.78 is 28.1. The Morgan fingerprint density at radius 3 is 2.65 bits per heavy atom. The van der Waals surface area contributed by atoms with Crippen molar-refractivity contribution in [3.05, 3.63) is 12.2 Å². The van der Waals surface area contributed by atoms with E-state index in [0.717, 1.165) is 5.82 Å². The van der Waals surface area contributed by atoms with Gasteiger partial charge in [-0.1, -0.05) is 0 Å². The first kappa shape index (κ1) is 14.1. The fourth-order valence-electron chi connectivity index (χ4n) is 1.25. The van der Waals surface area contributed by atoms with Crippen LogP contribution in [0.1, 0.15) is 33.0 Å². The van der Waals surface area contributed by atoms with Gasteiger partial charge >= 0.3 is 0 Å². The topological polar surface area (TPSA) is 99.8 Å². The van der Waals surface area contributed by atoms with Gasteiger partial charge in [0.25, 0.3) is 10.2 Å². The van der Waals surface area contributed by atoms with Gasteiger partial charge in [0.1, 0.15) is 12.2 Å². The standard InChI is InChI=1S/C9H19N5O2S/c1-9(2,3)14-17(15,16)12-6-4-5-8-10-7-11-13-8/h7,12,14H,4-6H2,1-3H3,(H,10,11,13). The highest BCUT2D eigenvalue weighted by atomic mass is 32.2. The minimum Gasteiger partial charge on any atom is -0.263 e. The molecular weight excluding hydrogens is 242 g/mol. The number of aromatic amines is 1.